The zero-order valence-corrected chi connectivity index (χ0v) is 17.6. The molecule has 0 N–H and O–H groups in total. The first-order chi connectivity index (χ1) is 14.7. The number of ketones is 1. The number of aromatic nitrogens is 3. The molecule has 1 saturated carbocycles. The predicted molar refractivity (Wildman–Crippen MR) is 109 cm³/mol. The van der Waals surface area contributed by atoms with Crippen LogP contribution in [0.4, 0.5) is 8.78 Å². The molecule has 0 amide bonds. The van der Waals surface area contributed by atoms with Gasteiger partial charge >= 0.3 is 0 Å². The highest BCUT2D eigenvalue weighted by molar-refractivity contribution is 5.96. The van der Waals surface area contributed by atoms with E-state index in [0.717, 1.165) is 29.7 Å². The molecule has 6 nitrogen and oxygen atoms in total. The van der Waals surface area contributed by atoms with Crippen molar-refractivity contribution in [1.82, 2.24) is 14.4 Å². The minimum Gasteiger partial charge on any atom is -0.496 e. The van der Waals surface area contributed by atoms with E-state index >= 15 is 0 Å². The molecule has 3 aliphatic rings. The van der Waals surface area contributed by atoms with E-state index in [1.165, 1.54) is 18.2 Å². The minimum atomic E-state index is -2.72. The summed E-state index contributed by atoms with van der Waals surface area (Å²) in [4.78, 5) is 21.5. The van der Waals surface area contributed by atoms with E-state index in [0.29, 0.717) is 17.9 Å². The maximum Gasteiger partial charge on any atom is 0.280 e. The van der Waals surface area contributed by atoms with Gasteiger partial charge in [-0.15, -0.1) is 0 Å². The van der Waals surface area contributed by atoms with Crippen molar-refractivity contribution >= 4 is 11.4 Å². The Hall–Kier alpha value is -2.87. The fourth-order valence-corrected chi connectivity index (χ4v) is 5.15. The maximum atomic E-state index is 13.0. The number of imidazole rings is 1. The quantitative estimate of drug-likeness (QED) is 0.551. The first-order valence-electron chi connectivity index (χ1n) is 10.2. The van der Waals surface area contributed by atoms with Crippen molar-refractivity contribution in [1.29, 1.82) is 0 Å². The average molecular weight is 427 g/mol. The lowest BCUT2D eigenvalue weighted by Crippen LogP contribution is -2.45. The number of carbonyl (C=O) groups is 1. The molecule has 3 fully saturated rings. The van der Waals surface area contributed by atoms with Gasteiger partial charge in [0.05, 0.1) is 25.0 Å². The van der Waals surface area contributed by atoms with Gasteiger partial charge in [-0.3, -0.25) is 4.79 Å². The second kappa shape index (κ2) is 6.82. The lowest BCUT2D eigenvalue weighted by atomic mass is 9.62. The van der Waals surface area contributed by atoms with Crippen molar-refractivity contribution < 1.29 is 23.0 Å². The monoisotopic (exact) mass is 427 g/mol. The van der Waals surface area contributed by atoms with Crippen LogP contribution in [-0.2, 0) is 16.6 Å². The molecule has 0 radical (unpaired) electrons. The highest BCUT2D eigenvalue weighted by atomic mass is 19.3. The fourth-order valence-electron chi connectivity index (χ4n) is 5.15. The number of carbonyl (C=O) groups excluding carboxylic acids is 1. The molecular formula is C23H23F2N3O3. The number of halogens is 2. The third kappa shape index (κ3) is 3.12. The summed E-state index contributed by atoms with van der Waals surface area (Å²) >= 11 is 0. The number of Topliss-reactive ketones (excluding diaryl/α,β-unsaturated/α-hetero) is 1. The van der Waals surface area contributed by atoms with Crippen LogP contribution in [-0.4, -0.2) is 39.5 Å². The van der Waals surface area contributed by atoms with Crippen LogP contribution in [0.25, 0.3) is 5.65 Å². The van der Waals surface area contributed by atoms with Crippen molar-refractivity contribution in [3.63, 3.8) is 0 Å². The third-order valence-electron chi connectivity index (χ3n) is 6.49. The number of hydrogen-bond donors (Lipinski definition) is 0. The Kier molecular flexibility index (Phi) is 4.41. The Morgan fingerprint density at radius 2 is 2.06 bits per heavy atom. The lowest BCUT2D eigenvalue weighted by Gasteiger charge is -2.41. The van der Waals surface area contributed by atoms with Gasteiger partial charge in [0.15, 0.2) is 5.78 Å². The van der Waals surface area contributed by atoms with E-state index in [2.05, 4.69) is 11.9 Å². The van der Waals surface area contributed by atoms with Gasteiger partial charge in [0, 0.05) is 35.4 Å². The molecule has 2 bridgehead atoms. The fraction of sp³-hybridized carbons (Fsp3) is 0.435. The molecule has 8 heteroatoms. The Balaban J connectivity index is 1.50. The van der Waals surface area contributed by atoms with Crippen LogP contribution in [0.2, 0.25) is 0 Å². The Morgan fingerprint density at radius 3 is 2.71 bits per heavy atom. The Morgan fingerprint density at radius 1 is 1.29 bits per heavy atom. The molecule has 162 valence electrons. The first kappa shape index (κ1) is 20.1. The molecule has 0 atom stereocenters. The summed E-state index contributed by atoms with van der Waals surface area (Å²) in [6.07, 6.45) is 3.00. The smallest absolute Gasteiger partial charge is 0.280 e. The molecule has 0 aromatic carbocycles. The zero-order valence-electron chi connectivity index (χ0n) is 17.6. The summed E-state index contributed by atoms with van der Waals surface area (Å²) in [5, 5.41) is 0. The van der Waals surface area contributed by atoms with Gasteiger partial charge in [0.2, 0.25) is 0 Å². The van der Waals surface area contributed by atoms with E-state index in [-0.39, 0.29) is 28.9 Å². The van der Waals surface area contributed by atoms with Crippen LogP contribution in [0.1, 0.15) is 59.2 Å². The molecule has 5 heterocycles. The SMILES string of the molecule is COc1c(CC(=O)c2cccc(C(F)F)n2)cn2cc(C34COC(C)(C3)C4)nc2c1C. The summed E-state index contributed by atoms with van der Waals surface area (Å²) in [7, 11) is 1.55. The third-order valence-corrected chi connectivity index (χ3v) is 6.49. The summed E-state index contributed by atoms with van der Waals surface area (Å²) in [5.41, 5.74) is 2.76. The molecule has 31 heavy (non-hydrogen) atoms. The molecule has 6 rings (SSSR count). The molecule has 0 spiro atoms. The van der Waals surface area contributed by atoms with Crippen molar-refractivity contribution in [3.8, 4) is 5.75 Å². The number of fused-ring (bicyclic) bond motifs is 2. The van der Waals surface area contributed by atoms with Crippen molar-refractivity contribution in [2.75, 3.05) is 13.7 Å². The zero-order chi connectivity index (χ0) is 22.0. The summed E-state index contributed by atoms with van der Waals surface area (Å²) in [6.45, 7) is 4.70. The van der Waals surface area contributed by atoms with Crippen LogP contribution < -0.4 is 4.74 Å². The van der Waals surface area contributed by atoms with Gasteiger partial charge in [-0.1, -0.05) is 6.07 Å². The molecular weight excluding hydrogens is 404 g/mol. The van der Waals surface area contributed by atoms with Crippen LogP contribution >= 0.6 is 0 Å². The normalized spacial score (nSPS) is 24.6. The van der Waals surface area contributed by atoms with Crippen LogP contribution in [0, 0.1) is 6.92 Å². The molecule has 1 aliphatic carbocycles. The van der Waals surface area contributed by atoms with E-state index in [1.807, 2.05) is 23.7 Å². The number of methoxy groups -OCH3 is 1. The second-order valence-electron chi connectivity index (χ2n) is 8.89. The summed E-state index contributed by atoms with van der Waals surface area (Å²) in [6, 6.07) is 4.09. The highest BCUT2D eigenvalue weighted by Crippen LogP contribution is 2.58. The average Bonchev–Trinajstić information content (AvgIpc) is 3.39. The van der Waals surface area contributed by atoms with E-state index in [1.54, 1.807) is 7.11 Å². The largest absolute Gasteiger partial charge is 0.496 e. The standard InChI is InChI=1S/C23H23F2N3O3/c1-13-19(30-3)14(7-17(29)15-5-4-6-16(26-15)20(24)25)8-28-9-18(27-21(13)28)23-10-22(2,11-23)31-12-23/h4-6,8-9,20H,7,10-12H2,1-3H3. The van der Waals surface area contributed by atoms with E-state index in [4.69, 9.17) is 14.5 Å². The number of aryl methyl sites for hydroxylation is 1. The van der Waals surface area contributed by atoms with Gasteiger partial charge in [-0.2, -0.15) is 0 Å². The number of alkyl halides is 2. The van der Waals surface area contributed by atoms with Gasteiger partial charge in [0.25, 0.3) is 6.43 Å². The van der Waals surface area contributed by atoms with E-state index in [9.17, 15) is 13.6 Å². The number of hydrogen-bond acceptors (Lipinski definition) is 5. The number of pyridine rings is 2. The molecule has 3 aromatic rings. The van der Waals surface area contributed by atoms with Crippen LogP contribution in [0.15, 0.2) is 30.6 Å². The number of ether oxygens (including phenoxy) is 2. The number of nitrogens with zero attached hydrogens (tertiary/aromatic N) is 3. The van der Waals surface area contributed by atoms with Gasteiger partial charge < -0.3 is 13.9 Å². The summed E-state index contributed by atoms with van der Waals surface area (Å²) < 4.78 is 39.4. The van der Waals surface area contributed by atoms with Gasteiger partial charge in [-0.25, -0.2) is 18.7 Å². The van der Waals surface area contributed by atoms with Crippen LogP contribution in [0.3, 0.4) is 0 Å². The highest BCUT2D eigenvalue weighted by Gasteiger charge is 2.61. The van der Waals surface area contributed by atoms with Gasteiger partial charge in [0.1, 0.15) is 22.8 Å². The Bertz CT molecular complexity index is 1200. The van der Waals surface area contributed by atoms with Crippen molar-refractivity contribution in [2.45, 2.75) is 50.6 Å². The van der Waals surface area contributed by atoms with Crippen molar-refractivity contribution in [3.05, 3.63) is 58.8 Å². The number of rotatable bonds is 6. The van der Waals surface area contributed by atoms with Crippen LogP contribution in [0.5, 0.6) is 5.75 Å². The molecule has 3 aromatic heterocycles. The molecule has 0 unspecified atom stereocenters. The molecule has 2 saturated heterocycles. The molecule has 2 aliphatic heterocycles. The van der Waals surface area contributed by atoms with E-state index < -0.39 is 12.1 Å². The minimum absolute atomic E-state index is 0.0136. The first-order valence-corrected chi connectivity index (χ1v) is 10.2. The lowest BCUT2D eigenvalue weighted by molar-refractivity contribution is 0.0154. The topological polar surface area (TPSA) is 65.7 Å². The Labute approximate surface area is 178 Å². The maximum absolute atomic E-state index is 13.0. The van der Waals surface area contributed by atoms with Gasteiger partial charge in [-0.05, 0) is 38.8 Å². The van der Waals surface area contributed by atoms with Crippen molar-refractivity contribution in [2.24, 2.45) is 0 Å². The second-order valence-corrected chi connectivity index (χ2v) is 8.89. The summed E-state index contributed by atoms with van der Waals surface area (Å²) in [5.74, 6) is 0.221. The predicted octanol–water partition coefficient (Wildman–Crippen LogP) is 4.23.